The van der Waals surface area contributed by atoms with Gasteiger partial charge in [0.1, 0.15) is 5.76 Å². The summed E-state index contributed by atoms with van der Waals surface area (Å²) in [5.41, 5.74) is 3.01. The fraction of sp³-hybridized carbons (Fsp3) is 0.250. The first-order valence-electron chi connectivity index (χ1n) is 12.3. The summed E-state index contributed by atoms with van der Waals surface area (Å²) in [7, 11) is 0. The lowest BCUT2D eigenvalue weighted by Gasteiger charge is -2.29. The van der Waals surface area contributed by atoms with E-state index in [0.29, 0.717) is 58.6 Å². The second kappa shape index (κ2) is 11.1. The number of esters is 1. The summed E-state index contributed by atoms with van der Waals surface area (Å²) in [6.45, 7) is 4.03. The van der Waals surface area contributed by atoms with Crippen molar-refractivity contribution in [3.8, 4) is 28.5 Å². The molecule has 2 aromatic carbocycles. The van der Waals surface area contributed by atoms with Crippen molar-refractivity contribution in [2.45, 2.75) is 38.1 Å². The number of thioether (sulfide) groups is 1. The van der Waals surface area contributed by atoms with Gasteiger partial charge < -0.3 is 13.9 Å². The number of aromatic nitrogens is 3. The Morgan fingerprint density at radius 1 is 1.03 bits per heavy atom. The highest BCUT2D eigenvalue weighted by atomic mass is 32.2. The second-order valence-corrected chi connectivity index (χ2v) is 9.23. The van der Waals surface area contributed by atoms with Gasteiger partial charge >= 0.3 is 5.97 Å². The predicted octanol–water partition coefficient (Wildman–Crippen LogP) is 5.92. The predicted molar refractivity (Wildman–Crippen MR) is 143 cm³/mol. The molecule has 0 aliphatic carbocycles. The minimum Gasteiger partial charge on any atom is -0.462 e. The van der Waals surface area contributed by atoms with Gasteiger partial charge in [-0.25, -0.2) is 4.79 Å². The maximum Gasteiger partial charge on any atom is 0.338 e. The third-order valence-electron chi connectivity index (χ3n) is 5.98. The van der Waals surface area contributed by atoms with Crippen LogP contribution in [0, 0.1) is 0 Å². The highest BCUT2D eigenvalue weighted by Gasteiger charge is 2.37. The lowest BCUT2D eigenvalue weighted by molar-refractivity contribution is -0.120. The zero-order chi connectivity index (χ0) is 26.6. The lowest BCUT2D eigenvalue weighted by atomic mass is 10.1. The highest BCUT2D eigenvalue weighted by molar-refractivity contribution is 7.98. The summed E-state index contributed by atoms with van der Waals surface area (Å²) in [5, 5.41) is 9.03. The average Bonchev–Trinajstić information content (AvgIpc) is 3.38. The Balaban J connectivity index is 1.58. The Kier molecular flexibility index (Phi) is 7.41. The van der Waals surface area contributed by atoms with Crippen molar-refractivity contribution in [2.24, 2.45) is 0 Å². The zero-order valence-electron chi connectivity index (χ0n) is 21.2. The molecule has 5 rings (SSSR count). The van der Waals surface area contributed by atoms with E-state index in [1.807, 2.05) is 43.5 Å². The van der Waals surface area contributed by atoms with Crippen molar-refractivity contribution in [3.63, 3.8) is 0 Å². The van der Waals surface area contributed by atoms with Gasteiger partial charge in [0.15, 0.2) is 11.5 Å². The number of carbonyl (C=O) groups is 2. The molecule has 9 nitrogen and oxygen atoms in total. The first kappa shape index (κ1) is 25.5. The molecule has 0 spiro atoms. The van der Waals surface area contributed by atoms with Gasteiger partial charge in [-0.1, -0.05) is 49.0 Å². The van der Waals surface area contributed by atoms with Crippen LogP contribution in [-0.4, -0.2) is 39.9 Å². The Morgan fingerprint density at radius 3 is 2.55 bits per heavy atom. The van der Waals surface area contributed by atoms with E-state index in [-0.39, 0.29) is 17.8 Å². The van der Waals surface area contributed by atoms with E-state index in [9.17, 15) is 9.59 Å². The molecule has 10 heteroatoms. The Hall–Kier alpha value is -4.18. The zero-order valence-corrected chi connectivity index (χ0v) is 22.0. The molecule has 3 heterocycles. The topological polar surface area (TPSA) is 108 Å². The van der Waals surface area contributed by atoms with Crippen LogP contribution in [0.2, 0.25) is 0 Å². The summed E-state index contributed by atoms with van der Waals surface area (Å²) in [6, 6.07) is 18.0. The third-order valence-corrected chi connectivity index (χ3v) is 6.52. The van der Waals surface area contributed by atoms with Crippen LogP contribution in [0.1, 0.15) is 49.0 Å². The van der Waals surface area contributed by atoms with E-state index in [1.165, 1.54) is 11.8 Å². The van der Waals surface area contributed by atoms with E-state index in [0.717, 1.165) is 5.56 Å². The van der Waals surface area contributed by atoms with Gasteiger partial charge in [0.05, 0.1) is 17.9 Å². The number of anilines is 1. The largest absolute Gasteiger partial charge is 0.462 e. The Labute approximate surface area is 224 Å². The maximum atomic E-state index is 13.5. The molecule has 0 fully saturated rings. The van der Waals surface area contributed by atoms with Crippen LogP contribution in [0.4, 0.5) is 5.69 Å². The summed E-state index contributed by atoms with van der Waals surface area (Å²) in [4.78, 5) is 31.7. The van der Waals surface area contributed by atoms with E-state index in [1.54, 1.807) is 42.2 Å². The first-order valence-corrected chi connectivity index (χ1v) is 13.5. The molecule has 0 bridgehead atoms. The van der Waals surface area contributed by atoms with E-state index in [4.69, 9.17) is 13.9 Å². The monoisotopic (exact) mass is 530 g/mol. The number of rotatable bonds is 7. The Morgan fingerprint density at radius 2 is 1.82 bits per heavy atom. The molecule has 0 unspecified atom stereocenters. The number of ether oxygens (including phenoxy) is 2. The van der Waals surface area contributed by atoms with Crippen LogP contribution in [-0.2, 0) is 9.53 Å². The molecular formula is C28H26N4O5S. The molecule has 0 radical (unpaired) electrons. The minimum atomic E-state index is -0.921. The minimum absolute atomic E-state index is 0.118. The van der Waals surface area contributed by atoms with Crippen molar-refractivity contribution in [1.29, 1.82) is 0 Å². The van der Waals surface area contributed by atoms with Crippen molar-refractivity contribution >= 4 is 29.3 Å². The molecule has 1 amide bonds. The maximum absolute atomic E-state index is 13.5. The molecule has 38 heavy (non-hydrogen) atoms. The average molecular weight is 531 g/mol. The smallest absolute Gasteiger partial charge is 0.338 e. The van der Waals surface area contributed by atoms with Gasteiger partial charge in [0, 0.05) is 17.5 Å². The fourth-order valence-electron chi connectivity index (χ4n) is 4.21. The molecule has 2 aromatic heterocycles. The molecule has 1 aliphatic rings. The van der Waals surface area contributed by atoms with Gasteiger partial charge in [-0.2, -0.15) is 4.98 Å². The van der Waals surface area contributed by atoms with Crippen LogP contribution >= 0.6 is 11.8 Å². The third kappa shape index (κ3) is 4.87. The summed E-state index contributed by atoms with van der Waals surface area (Å²) in [6.07, 6.45) is 1.93. The molecule has 1 aliphatic heterocycles. The molecular weight excluding hydrogens is 504 g/mol. The van der Waals surface area contributed by atoms with E-state index >= 15 is 0 Å². The molecule has 1 atom stereocenters. The van der Waals surface area contributed by atoms with Crippen LogP contribution in [0.25, 0.3) is 22.6 Å². The number of para-hydroxylation sites is 1. The molecule has 0 saturated heterocycles. The van der Waals surface area contributed by atoms with Gasteiger partial charge in [0.2, 0.25) is 23.2 Å². The Bertz CT molecular complexity index is 1470. The van der Waals surface area contributed by atoms with Gasteiger partial charge in [-0.05, 0) is 49.9 Å². The number of carbonyl (C=O) groups excluding carboxylic acids is 2. The van der Waals surface area contributed by atoms with Crippen molar-refractivity contribution in [2.75, 3.05) is 17.8 Å². The number of furan rings is 1. The van der Waals surface area contributed by atoms with Gasteiger partial charge in [-0.15, -0.1) is 10.2 Å². The number of amides is 1. The molecule has 0 N–H and O–H groups in total. The summed E-state index contributed by atoms with van der Waals surface area (Å²) < 4.78 is 17.7. The van der Waals surface area contributed by atoms with Gasteiger partial charge in [-0.3, -0.25) is 9.69 Å². The number of fused-ring (bicyclic) bond motifs is 3. The second-order valence-electron chi connectivity index (χ2n) is 8.45. The number of benzene rings is 2. The molecule has 194 valence electrons. The number of hydrogen-bond acceptors (Lipinski definition) is 9. The van der Waals surface area contributed by atoms with Crippen LogP contribution in [0.15, 0.2) is 70.2 Å². The number of nitrogens with zero attached hydrogens (tertiary/aromatic N) is 4. The summed E-state index contributed by atoms with van der Waals surface area (Å²) >= 11 is 1.35. The standard InChI is InChI=1S/C28H26N4O5S/c1-4-8-23(33)32-20-10-7-6-9-19(20)24-25(29-28(38-3)31-30-24)37-26(32)22-16-15-21(36-22)17-11-13-18(14-12-17)27(34)35-5-2/h6-7,9-16,26H,4-5,8H2,1-3H3/t26-/m0/s1. The lowest BCUT2D eigenvalue weighted by Crippen LogP contribution is -2.37. The van der Waals surface area contributed by atoms with Crippen LogP contribution < -0.4 is 9.64 Å². The molecule has 0 saturated carbocycles. The van der Waals surface area contributed by atoms with E-state index < -0.39 is 6.23 Å². The quantitative estimate of drug-likeness (QED) is 0.212. The van der Waals surface area contributed by atoms with Crippen molar-refractivity contribution in [1.82, 2.24) is 15.2 Å². The first-order chi connectivity index (χ1) is 18.5. The van der Waals surface area contributed by atoms with E-state index in [2.05, 4.69) is 15.2 Å². The van der Waals surface area contributed by atoms with Crippen LogP contribution in [0.3, 0.4) is 0 Å². The fourth-order valence-corrected chi connectivity index (χ4v) is 4.51. The molecule has 4 aromatic rings. The van der Waals surface area contributed by atoms with Crippen molar-refractivity contribution in [3.05, 3.63) is 72.0 Å². The van der Waals surface area contributed by atoms with Gasteiger partial charge in [0.25, 0.3) is 0 Å². The SMILES string of the molecule is CCCC(=O)N1c2ccccc2-c2nnc(SC)nc2O[C@H]1c1ccc(-c2ccc(C(=O)OCC)cc2)o1. The van der Waals surface area contributed by atoms with Crippen LogP contribution in [0.5, 0.6) is 5.88 Å². The summed E-state index contributed by atoms with van der Waals surface area (Å²) in [5.74, 6) is 0.753. The number of hydrogen-bond donors (Lipinski definition) is 0. The van der Waals surface area contributed by atoms with Crippen molar-refractivity contribution < 1.29 is 23.5 Å². The normalized spacial score (nSPS) is 14.2. The highest BCUT2D eigenvalue weighted by Crippen LogP contribution is 2.44.